The molecule has 0 fully saturated rings. The third-order valence-electron chi connectivity index (χ3n) is 2.99. The van der Waals surface area contributed by atoms with Crippen molar-refractivity contribution in [2.45, 2.75) is 50.2 Å². The highest BCUT2D eigenvalue weighted by atomic mass is 79.9. The van der Waals surface area contributed by atoms with Crippen molar-refractivity contribution in [1.82, 2.24) is 0 Å². The quantitative estimate of drug-likeness (QED) is 0.500. The lowest BCUT2D eigenvalue weighted by molar-refractivity contribution is -0.142. The first-order valence-corrected chi connectivity index (χ1v) is 9.22. The fourth-order valence-electron chi connectivity index (χ4n) is 1.83. The molecule has 1 N–H and O–H groups in total. The standard InChI is InChI=1S/C16H21BrFNO3S/c1-4-7-13(16(21)22-6-3)23-14-9-12(19-15(20)5-2)11(18)8-10(14)17/h8-9,13H,4-7H2,1-3H3,(H,19,20). The van der Waals surface area contributed by atoms with Gasteiger partial charge in [-0.2, -0.15) is 0 Å². The Morgan fingerprint density at radius 1 is 1.35 bits per heavy atom. The number of nitrogens with one attached hydrogen (secondary N) is 1. The number of thioether (sulfide) groups is 1. The van der Waals surface area contributed by atoms with E-state index >= 15 is 0 Å². The van der Waals surface area contributed by atoms with Crippen molar-refractivity contribution < 1.29 is 18.7 Å². The molecule has 0 aliphatic carbocycles. The van der Waals surface area contributed by atoms with Crippen LogP contribution in [0.3, 0.4) is 0 Å². The Kier molecular flexibility index (Phi) is 8.62. The van der Waals surface area contributed by atoms with Gasteiger partial charge in [-0.15, -0.1) is 11.8 Å². The maximum Gasteiger partial charge on any atom is 0.319 e. The second kappa shape index (κ2) is 9.93. The molecule has 0 aromatic heterocycles. The summed E-state index contributed by atoms with van der Waals surface area (Å²) in [6.45, 7) is 5.76. The lowest BCUT2D eigenvalue weighted by Gasteiger charge is -2.16. The first-order chi connectivity index (χ1) is 10.9. The number of hydrogen-bond acceptors (Lipinski definition) is 4. The van der Waals surface area contributed by atoms with Gasteiger partial charge < -0.3 is 10.1 Å². The lowest BCUT2D eigenvalue weighted by Crippen LogP contribution is -2.20. The van der Waals surface area contributed by atoms with E-state index in [1.807, 2.05) is 6.92 Å². The molecular formula is C16H21BrFNO3S. The number of carbonyl (C=O) groups is 2. The van der Waals surface area contributed by atoms with Crippen LogP contribution in [-0.2, 0) is 14.3 Å². The molecular weight excluding hydrogens is 385 g/mol. The van der Waals surface area contributed by atoms with Crippen LogP contribution in [0.1, 0.15) is 40.0 Å². The lowest BCUT2D eigenvalue weighted by atomic mass is 10.2. The summed E-state index contributed by atoms with van der Waals surface area (Å²) in [7, 11) is 0. The molecule has 1 aromatic rings. The Morgan fingerprint density at radius 3 is 2.61 bits per heavy atom. The molecule has 4 nitrogen and oxygen atoms in total. The number of halogens is 2. The van der Waals surface area contributed by atoms with Crippen LogP contribution in [-0.4, -0.2) is 23.7 Å². The molecule has 1 amide bonds. The van der Waals surface area contributed by atoms with Crippen LogP contribution in [0.25, 0.3) is 0 Å². The fourth-order valence-corrected chi connectivity index (χ4v) is 3.61. The van der Waals surface area contributed by atoms with Crippen molar-refractivity contribution in [3.8, 4) is 0 Å². The predicted molar refractivity (Wildman–Crippen MR) is 94.2 cm³/mol. The zero-order valence-corrected chi connectivity index (χ0v) is 15.9. The average Bonchev–Trinajstić information content (AvgIpc) is 2.51. The molecule has 1 aromatic carbocycles. The van der Waals surface area contributed by atoms with Crippen LogP contribution in [0.15, 0.2) is 21.5 Å². The van der Waals surface area contributed by atoms with E-state index in [4.69, 9.17) is 4.74 Å². The van der Waals surface area contributed by atoms with Crippen LogP contribution in [0, 0.1) is 5.82 Å². The largest absolute Gasteiger partial charge is 0.465 e. The Hall–Kier alpha value is -1.08. The van der Waals surface area contributed by atoms with Gasteiger partial charge in [-0.3, -0.25) is 9.59 Å². The second-order valence-corrected chi connectivity index (χ2v) is 6.91. The van der Waals surface area contributed by atoms with Crippen molar-refractivity contribution in [3.05, 3.63) is 22.4 Å². The molecule has 0 radical (unpaired) electrons. The van der Waals surface area contributed by atoms with Gasteiger partial charge in [0.05, 0.1) is 12.3 Å². The normalized spacial score (nSPS) is 11.9. The smallest absolute Gasteiger partial charge is 0.319 e. The molecule has 1 atom stereocenters. The topological polar surface area (TPSA) is 55.4 Å². The molecule has 23 heavy (non-hydrogen) atoms. The van der Waals surface area contributed by atoms with Crippen LogP contribution in [0.5, 0.6) is 0 Å². The summed E-state index contributed by atoms with van der Waals surface area (Å²) in [5.74, 6) is -1.07. The van der Waals surface area contributed by atoms with Gasteiger partial charge in [0, 0.05) is 15.8 Å². The number of amides is 1. The summed E-state index contributed by atoms with van der Waals surface area (Å²) in [5.41, 5.74) is 0.113. The van der Waals surface area contributed by atoms with E-state index in [0.717, 1.165) is 6.42 Å². The van der Waals surface area contributed by atoms with E-state index < -0.39 is 5.82 Å². The molecule has 0 aliphatic heterocycles. The van der Waals surface area contributed by atoms with Crippen LogP contribution >= 0.6 is 27.7 Å². The third-order valence-corrected chi connectivity index (χ3v) is 5.21. The van der Waals surface area contributed by atoms with Crippen molar-refractivity contribution in [2.24, 2.45) is 0 Å². The van der Waals surface area contributed by atoms with E-state index in [-0.39, 0.29) is 29.2 Å². The minimum atomic E-state index is -0.522. The highest BCUT2D eigenvalue weighted by molar-refractivity contribution is 9.10. The highest BCUT2D eigenvalue weighted by Gasteiger charge is 2.22. The molecule has 0 spiro atoms. The molecule has 0 saturated carbocycles. The second-order valence-electron chi connectivity index (χ2n) is 4.81. The SMILES string of the molecule is CCCC(Sc1cc(NC(=O)CC)c(F)cc1Br)C(=O)OCC. The van der Waals surface area contributed by atoms with Gasteiger partial charge in [-0.1, -0.05) is 20.3 Å². The summed E-state index contributed by atoms with van der Waals surface area (Å²) >= 11 is 4.61. The van der Waals surface area contributed by atoms with Gasteiger partial charge in [-0.25, -0.2) is 4.39 Å². The molecule has 0 aliphatic rings. The fraction of sp³-hybridized carbons (Fsp3) is 0.500. The summed E-state index contributed by atoms with van der Waals surface area (Å²) in [6, 6.07) is 2.83. The minimum Gasteiger partial charge on any atom is -0.465 e. The van der Waals surface area contributed by atoms with Gasteiger partial charge in [-0.05, 0) is 41.4 Å². The maximum absolute atomic E-state index is 13.9. The van der Waals surface area contributed by atoms with E-state index in [2.05, 4.69) is 21.2 Å². The Morgan fingerprint density at radius 2 is 2.04 bits per heavy atom. The molecule has 0 heterocycles. The van der Waals surface area contributed by atoms with Crippen LogP contribution in [0.2, 0.25) is 0 Å². The summed E-state index contributed by atoms with van der Waals surface area (Å²) in [4.78, 5) is 24.2. The van der Waals surface area contributed by atoms with Crippen LogP contribution < -0.4 is 5.32 Å². The molecule has 128 valence electrons. The van der Waals surface area contributed by atoms with E-state index in [1.165, 1.54) is 17.8 Å². The number of rotatable bonds is 8. The van der Waals surface area contributed by atoms with Gasteiger partial charge >= 0.3 is 5.97 Å². The van der Waals surface area contributed by atoms with E-state index in [9.17, 15) is 14.0 Å². The number of hydrogen-bond donors (Lipinski definition) is 1. The minimum absolute atomic E-state index is 0.113. The van der Waals surface area contributed by atoms with Crippen LogP contribution in [0.4, 0.5) is 10.1 Å². The molecule has 1 unspecified atom stereocenters. The highest BCUT2D eigenvalue weighted by Crippen LogP contribution is 2.36. The summed E-state index contributed by atoms with van der Waals surface area (Å²) < 4.78 is 19.6. The zero-order valence-electron chi connectivity index (χ0n) is 13.4. The third kappa shape index (κ3) is 6.14. The summed E-state index contributed by atoms with van der Waals surface area (Å²) in [5, 5.41) is 2.16. The van der Waals surface area contributed by atoms with Crippen molar-refractivity contribution in [2.75, 3.05) is 11.9 Å². The first-order valence-electron chi connectivity index (χ1n) is 7.55. The maximum atomic E-state index is 13.9. The van der Waals surface area contributed by atoms with Gasteiger partial charge in [0.15, 0.2) is 0 Å². The molecule has 0 bridgehead atoms. The number of anilines is 1. The Balaban J connectivity index is 3.02. The van der Waals surface area contributed by atoms with E-state index in [1.54, 1.807) is 19.9 Å². The predicted octanol–water partition coefficient (Wildman–Crippen LogP) is 4.76. The Labute approximate surface area is 148 Å². The molecule has 7 heteroatoms. The Bertz CT molecular complexity index is 569. The molecule has 1 rings (SSSR count). The van der Waals surface area contributed by atoms with Crippen molar-refractivity contribution >= 4 is 45.3 Å². The van der Waals surface area contributed by atoms with Crippen molar-refractivity contribution in [1.29, 1.82) is 0 Å². The zero-order chi connectivity index (χ0) is 17.4. The van der Waals surface area contributed by atoms with Gasteiger partial charge in [0.1, 0.15) is 11.1 Å². The summed E-state index contributed by atoms with van der Waals surface area (Å²) in [6.07, 6.45) is 1.75. The first kappa shape index (κ1) is 20.0. The monoisotopic (exact) mass is 405 g/mol. The average molecular weight is 406 g/mol. The number of ether oxygens (including phenoxy) is 1. The number of benzene rings is 1. The van der Waals surface area contributed by atoms with Crippen molar-refractivity contribution in [3.63, 3.8) is 0 Å². The number of esters is 1. The number of carbonyl (C=O) groups excluding carboxylic acids is 2. The molecule has 0 saturated heterocycles. The van der Waals surface area contributed by atoms with Gasteiger partial charge in [0.2, 0.25) is 5.91 Å². The van der Waals surface area contributed by atoms with E-state index in [0.29, 0.717) is 22.4 Å². The van der Waals surface area contributed by atoms with Gasteiger partial charge in [0.25, 0.3) is 0 Å².